The summed E-state index contributed by atoms with van der Waals surface area (Å²) < 4.78 is 0. The van der Waals surface area contributed by atoms with Gasteiger partial charge in [-0.15, -0.1) is 0 Å². The highest BCUT2D eigenvalue weighted by Gasteiger charge is 1.88. The average molecular weight is 152 g/mol. The molecule has 2 nitrogen and oxygen atoms in total. The van der Waals surface area contributed by atoms with Crippen LogP contribution in [0.15, 0.2) is 21.8 Å². The van der Waals surface area contributed by atoms with Crippen molar-refractivity contribution < 1.29 is 0 Å². The minimum absolute atomic E-state index is 0.406. The molecule has 0 fully saturated rings. The molecule has 2 heteroatoms. The Morgan fingerprint density at radius 1 is 1.64 bits per heavy atom. The fourth-order valence-corrected chi connectivity index (χ4v) is 0.456. The molecular formula is C9H16N2. The van der Waals surface area contributed by atoms with E-state index in [9.17, 15) is 0 Å². The van der Waals surface area contributed by atoms with E-state index in [-0.39, 0.29) is 0 Å². The van der Waals surface area contributed by atoms with E-state index in [0.29, 0.717) is 6.04 Å². The summed E-state index contributed by atoms with van der Waals surface area (Å²) in [5.41, 5.74) is 0.900. The van der Waals surface area contributed by atoms with Crippen molar-refractivity contribution in [2.45, 2.75) is 33.2 Å². The van der Waals surface area contributed by atoms with E-state index in [2.05, 4.69) is 30.5 Å². The summed E-state index contributed by atoms with van der Waals surface area (Å²) >= 11 is 0. The molecule has 0 saturated carbocycles. The van der Waals surface area contributed by atoms with Crippen LogP contribution in [0.3, 0.4) is 0 Å². The van der Waals surface area contributed by atoms with Gasteiger partial charge in [-0.2, -0.15) is 0 Å². The summed E-state index contributed by atoms with van der Waals surface area (Å²) in [7, 11) is 0. The number of aliphatic imine (C=N–C) groups is 2. The zero-order valence-electron chi connectivity index (χ0n) is 7.54. The van der Waals surface area contributed by atoms with Crippen LogP contribution in [0.2, 0.25) is 0 Å². The summed E-state index contributed by atoms with van der Waals surface area (Å²) in [4.78, 5) is 7.97. The van der Waals surface area contributed by atoms with Crippen LogP contribution in [0, 0.1) is 0 Å². The summed E-state index contributed by atoms with van der Waals surface area (Å²) in [6, 6.07) is 0.406. The molecule has 1 unspecified atom stereocenters. The third-order valence-corrected chi connectivity index (χ3v) is 1.50. The molecule has 0 radical (unpaired) electrons. The molecule has 0 aromatic carbocycles. The van der Waals surface area contributed by atoms with Gasteiger partial charge in [0.2, 0.25) is 0 Å². The highest BCUT2D eigenvalue weighted by Crippen LogP contribution is 1.94. The lowest BCUT2D eigenvalue weighted by molar-refractivity contribution is 0.720. The first-order chi connectivity index (χ1) is 5.20. The predicted octanol–water partition coefficient (Wildman–Crippen LogP) is 2.46. The SMILES string of the molecule is C=N/C(C)=C/C=N/C(C)CC. The van der Waals surface area contributed by atoms with E-state index >= 15 is 0 Å². The van der Waals surface area contributed by atoms with Gasteiger partial charge in [-0.3, -0.25) is 9.98 Å². The highest BCUT2D eigenvalue weighted by atomic mass is 14.8. The molecular weight excluding hydrogens is 136 g/mol. The quantitative estimate of drug-likeness (QED) is 0.553. The Kier molecular flexibility index (Phi) is 5.35. The van der Waals surface area contributed by atoms with Crippen LogP contribution in [-0.2, 0) is 0 Å². The second kappa shape index (κ2) is 5.83. The lowest BCUT2D eigenvalue weighted by Crippen LogP contribution is -1.93. The van der Waals surface area contributed by atoms with Crippen molar-refractivity contribution in [1.29, 1.82) is 0 Å². The molecule has 0 rings (SSSR count). The van der Waals surface area contributed by atoms with Crippen molar-refractivity contribution in [2.24, 2.45) is 9.98 Å². The first-order valence-corrected chi connectivity index (χ1v) is 3.87. The molecule has 0 aromatic heterocycles. The number of allylic oxidation sites excluding steroid dienone is 2. The molecule has 0 heterocycles. The molecule has 0 amide bonds. The molecule has 0 aliphatic heterocycles. The van der Waals surface area contributed by atoms with Gasteiger partial charge in [0.15, 0.2) is 0 Å². The summed E-state index contributed by atoms with van der Waals surface area (Å²) in [6.45, 7) is 9.50. The van der Waals surface area contributed by atoms with Gasteiger partial charge in [0, 0.05) is 18.0 Å². The molecule has 0 aromatic rings. The van der Waals surface area contributed by atoms with Gasteiger partial charge < -0.3 is 0 Å². The minimum atomic E-state index is 0.406. The molecule has 0 N–H and O–H groups in total. The fourth-order valence-electron chi connectivity index (χ4n) is 0.456. The van der Waals surface area contributed by atoms with Crippen LogP contribution in [-0.4, -0.2) is 19.0 Å². The Bertz CT molecular complexity index is 168. The summed E-state index contributed by atoms with van der Waals surface area (Å²) in [5.74, 6) is 0. The minimum Gasteiger partial charge on any atom is -0.290 e. The lowest BCUT2D eigenvalue weighted by atomic mass is 10.3. The molecule has 0 saturated heterocycles. The third-order valence-electron chi connectivity index (χ3n) is 1.50. The number of rotatable bonds is 4. The zero-order chi connectivity index (χ0) is 8.69. The smallest absolute Gasteiger partial charge is 0.0468 e. The van der Waals surface area contributed by atoms with Crippen molar-refractivity contribution in [3.8, 4) is 0 Å². The second-order valence-corrected chi connectivity index (χ2v) is 2.52. The second-order valence-electron chi connectivity index (χ2n) is 2.52. The standard InChI is InChI=1S/C9H16N2/c1-5-8(2)11-7-6-9(3)10-4/h6-8H,4-5H2,1-3H3/b9-6+,11-7+. The van der Waals surface area contributed by atoms with Gasteiger partial charge in [0.1, 0.15) is 0 Å². The van der Waals surface area contributed by atoms with Crippen molar-refractivity contribution >= 4 is 12.9 Å². The molecule has 1 atom stereocenters. The first-order valence-electron chi connectivity index (χ1n) is 3.87. The van der Waals surface area contributed by atoms with Gasteiger partial charge in [-0.25, -0.2) is 0 Å². The maximum absolute atomic E-state index is 4.24. The summed E-state index contributed by atoms with van der Waals surface area (Å²) in [6.07, 6.45) is 4.72. The normalized spacial score (nSPS) is 15.4. The largest absolute Gasteiger partial charge is 0.290 e. The summed E-state index contributed by atoms with van der Waals surface area (Å²) in [5, 5.41) is 0. The number of hydrogen-bond donors (Lipinski definition) is 0. The van der Waals surface area contributed by atoms with E-state index in [0.717, 1.165) is 12.1 Å². The maximum Gasteiger partial charge on any atom is 0.0468 e. The van der Waals surface area contributed by atoms with Gasteiger partial charge in [0.05, 0.1) is 0 Å². The van der Waals surface area contributed by atoms with Gasteiger partial charge in [-0.1, -0.05) is 6.92 Å². The Morgan fingerprint density at radius 3 is 2.73 bits per heavy atom. The van der Waals surface area contributed by atoms with Crippen molar-refractivity contribution in [3.63, 3.8) is 0 Å². The topological polar surface area (TPSA) is 24.7 Å². The molecule has 0 aliphatic rings. The Labute approximate surface area is 68.8 Å². The zero-order valence-corrected chi connectivity index (χ0v) is 7.54. The Hall–Kier alpha value is -0.920. The van der Waals surface area contributed by atoms with E-state index in [1.54, 1.807) is 6.21 Å². The van der Waals surface area contributed by atoms with E-state index < -0.39 is 0 Å². The number of nitrogens with zero attached hydrogens (tertiary/aromatic N) is 2. The Balaban J connectivity index is 3.84. The van der Waals surface area contributed by atoms with Crippen LogP contribution < -0.4 is 0 Å². The van der Waals surface area contributed by atoms with E-state index in [1.165, 1.54) is 0 Å². The average Bonchev–Trinajstić information content (AvgIpc) is 2.04. The van der Waals surface area contributed by atoms with Crippen LogP contribution in [0.5, 0.6) is 0 Å². The van der Waals surface area contributed by atoms with Crippen molar-refractivity contribution in [3.05, 3.63) is 11.8 Å². The first kappa shape index (κ1) is 10.1. The van der Waals surface area contributed by atoms with Crippen LogP contribution >= 0.6 is 0 Å². The molecule has 0 spiro atoms. The van der Waals surface area contributed by atoms with Crippen molar-refractivity contribution in [1.82, 2.24) is 0 Å². The monoisotopic (exact) mass is 152 g/mol. The third kappa shape index (κ3) is 5.52. The molecule has 0 bridgehead atoms. The van der Waals surface area contributed by atoms with E-state index in [1.807, 2.05) is 13.0 Å². The van der Waals surface area contributed by atoms with Crippen LogP contribution in [0.1, 0.15) is 27.2 Å². The highest BCUT2D eigenvalue weighted by molar-refractivity contribution is 5.72. The van der Waals surface area contributed by atoms with Gasteiger partial charge in [-0.05, 0) is 33.1 Å². The predicted molar refractivity (Wildman–Crippen MR) is 51.6 cm³/mol. The van der Waals surface area contributed by atoms with E-state index in [4.69, 9.17) is 0 Å². The molecule has 62 valence electrons. The fraction of sp³-hybridized carbons (Fsp3) is 0.556. The van der Waals surface area contributed by atoms with Crippen molar-refractivity contribution in [2.75, 3.05) is 0 Å². The molecule has 11 heavy (non-hydrogen) atoms. The van der Waals surface area contributed by atoms with Crippen LogP contribution in [0.25, 0.3) is 0 Å². The maximum atomic E-state index is 4.24. The van der Waals surface area contributed by atoms with Gasteiger partial charge in [0.25, 0.3) is 0 Å². The lowest BCUT2D eigenvalue weighted by Gasteiger charge is -1.97. The van der Waals surface area contributed by atoms with Gasteiger partial charge >= 0.3 is 0 Å². The van der Waals surface area contributed by atoms with Crippen LogP contribution in [0.4, 0.5) is 0 Å². The number of hydrogen-bond acceptors (Lipinski definition) is 2. The molecule has 0 aliphatic carbocycles. The Morgan fingerprint density at radius 2 is 2.27 bits per heavy atom.